The van der Waals surface area contributed by atoms with Crippen LogP contribution in [0.25, 0.3) is 0 Å². The normalized spacial score (nSPS) is 15.3. The fourth-order valence-electron chi connectivity index (χ4n) is 3.38. The van der Waals surface area contributed by atoms with E-state index in [0.717, 1.165) is 31.2 Å². The topological polar surface area (TPSA) is 75.3 Å². The van der Waals surface area contributed by atoms with Gasteiger partial charge in [0.05, 0.1) is 16.1 Å². The number of anilines is 1. The Balaban J connectivity index is 1.86. The molecule has 0 atom stereocenters. The zero-order valence-corrected chi connectivity index (χ0v) is 16.7. The number of nitrogens with one attached hydrogen (secondary N) is 2. The van der Waals surface area contributed by atoms with Gasteiger partial charge in [-0.05, 0) is 55.7 Å². The van der Waals surface area contributed by atoms with Crippen LogP contribution in [0.4, 0.5) is 5.69 Å². The molecule has 1 amide bonds. The van der Waals surface area contributed by atoms with Crippen molar-refractivity contribution in [2.75, 3.05) is 4.72 Å². The monoisotopic (exact) mass is 406 g/mol. The Kier molecular flexibility index (Phi) is 6.07. The minimum atomic E-state index is -3.82. The van der Waals surface area contributed by atoms with Crippen molar-refractivity contribution in [1.82, 2.24) is 5.32 Å². The molecule has 5 nitrogen and oxygen atoms in total. The highest BCUT2D eigenvalue weighted by Crippen LogP contribution is 2.25. The predicted molar refractivity (Wildman–Crippen MR) is 108 cm³/mol. The Hall–Kier alpha value is -2.05. The third-order valence-corrected chi connectivity index (χ3v) is 6.44. The highest BCUT2D eigenvalue weighted by atomic mass is 35.5. The number of carbonyl (C=O) groups excluding carboxylic acids is 1. The fraction of sp³-hybridized carbons (Fsp3) is 0.350. The van der Waals surface area contributed by atoms with Crippen LogP contribution in [0.5, 0.6) is 0 Å². The maximum Gasteiger partial charge on any atom is 0.261 e. The number of hydrogen-bond donors (Lipinski definition) is 2. The maximum atomic E-state index is 12.9. The lowest BCUT2D eigenvalue weighted by atomic mass is 9.95. The summed E-state index contributed by atoms with van der Waals surface area (Å²) in [6.07, 6.45) is 5.33. The molecule has 1 fully saturated rings. The minimum absolute atomic E-state index is 0.0899. The van der Waals surface area contributed by atoms with Gasteiger partial charge in [0.25, 0.3) is 15.9 Å². The van der Waals surface area contributed by atoms with Crippen LogP contribution in [-0.2, 0) is 10.0 Å². The molecule has 0 unspecified atom stereocenters. The summed E-state index contributed by atoms with van der Waals surface area (Å²) in [5.41, 5.74) is 1.36. The number of rotatable bonds is 5. The van der Waals surface area contributed by atoms with E-state index in [-0.39, 0.29) is 22.5 Å². The summed E-state index contributed by atoms with van der Waals surface area (Å²) in [7, 11) is -3.82. The predicted octanol–water partition coefficient (Wildman–Crippen LogP) is 4.51. The minimum Gasteiger partial charge on any atom is -0.349 e. The zero-order chi connectivity index (χ0) is 19.4. The second-order valence-electron chi connectivity index (χ2n) is 6.87. The van der Waals surface area contributed by atoms with E-state index < -0.39 is 10.0 Å². The van der Waals surface area contributed by atoms with Gasteiger partial charge in [-0.1, -0.05) is 43.0 Å². The van der Waals surface area contributed by atoms with Crippen molar-refractivity contribution in [3.05, 3.63) is 58.6 Å². The van der Waals surface area contributed by atoms with Crippen LogP contribution in [0.3, 0.4) is 0 Å². The molecule has 27 heavy (non-hydrogen) atoms. The van der Waals surface area contributed by atoms with Gasteiger partial charge in [-0.2, -0.15) is 0 Å². The van der Waals surface area contributed by atoms with Crippen molar-refractivity contribution in [3.8, 4) is 0 Å². The summed E-state index contributed by atoms with van der Waals surface area (Å²) in [6, 6.07) is 11.2. The molecule has 0 aromatic heterocycles. The van der Waals surface area contributed by atoms with Gasteiger partial charge in [-0.25, -0.2) is 8.42 Å². The van der Waals surface area contributed by atoms with Crippen LogP contribution in [0.1, 0.15) is 48.0 Å². The first-order valence-electron chi connectivity index (χ1n) is 9.06. The highest BCUT2D eigenvalue weighted by molar-refractivity contribution is 7.92. The molecular formula is C20H23ClN2O3S. The molecule has 0 saturated heterocycles. The first-order chi connectivity index (χ1) is 12.9. The molecule has 0 spiro atoms. The molecule has 3 rings (SSSR count). The SMILES string of the molecule is Cc1cccc(NS(=O)(=O)c2ccc(Cl)cc2)c1C(=O)NC1CCCCC1. The van der Waals surface area contributed by atoms with Crippen molar-refractivity contribution < 1.29 is 13.2 Å². The number of sulfonamides is 1. The molecule has 0 heterocycles. The Morgan fingerprint density at radius 2 is 1.70 bits per heavy atom. The Morgan fingerprint density at radius 1 is 1.04 bits per heavy atom. The molecule has 7 heteroatoms. The Bertz CT molecular complexity index is 921. The van der Waals surface area contributed by atoms with Crippen LogP contribution < -0.4 is 10.0 Å². The lowest BCUT2D eigenvalue weighted by Crippen LogP contribution is -2.37. The summed E-state index contributed by atoms with van der Waals surface area (Å²) in [5, 5.41) is 3.51. The summed E-state index contributed by atoms with van der Waals surface area (Å²) >= 11 is 5.83. The molecule has 0 radical (unpaired) electrons. The van der Waals surface area contributed by atoms with Crippen molar-refractivity contribution in [1.29, 1.82) is 0 Å². The van der Waals surface area contributed by atoms with Crippen molar-refractivity contribution in [2.45, 2.75) is 50.0 Å². The largest absolute Gasteiger partial charge is 0.349 e. The van der Waals surface area contributed by atoms with E-state index in [1.807, 2.05) is 0 Å². The third kappa shape index (κ3) is 4.82. The summed E-state index contributed by atoms with van der Waals surface area (Å²) in [6.45, 7) is 1.80. The van der Waals surface area contributed by atoms with Crippen molar-refractivity contribution in [3.63, 3.8) is 0 Å². The van der Waals surface area contributed by atoms with E-state index in [1.165, 1.54) is 30.7 Å². The van der Waals surface area contributed by atoms with Crippen LogP contribution in [0.15, 0.2) is 47.4 Å². The molecule has 0 aliphatic heterocycles. The average molecular weight is 407 g/mol. The van der Waals surface area contributed by atoms with E-state index >= 15 is 0 Å². The number of halogens is 1. The molecule has 144 valence electrons. The van der Waals surface area contributed by atoms with Gasteiger partial charge in [-0.15, -0.1) is 0 Å². The van der Waals surface area contributed by atoms with Gasteiger partial charge in [-0.3, -0.25) is 9.52 Å². The highest BCUT2D eigenvalue weighted by Gasteiger charge is 2.23. The Morgan fingerprint density at radius 3 is 2.37 bits per heavy atom. The molecule has 2 N–H and O–H groups in total. The molecule has 1 aliphatic carbocycles. The fourth-order valence-corrected chi connectivity index (χ4v) is 4.57. The number of aryl methyl sites for hydroxylation is 1. The maximum absolute atomic E-state index is 12.9. The summed E-state index contributed by atoms with van der Waals surface area (Å²) in [4.78, 5) is 12.9. The third-order valence-electron chi connectivity index (χ3n) is 4.81. The zero-order valence-electron chi connectivity index (χ0n) is 15.2. The summed E-state index contributed by atoms with van der Waals surface area (Å²) < 4.78 is 28.0. The van der Waals surface area contributed by atoms with Crippen molar-refractivity contribution in [2.24, 2.45) is 0 Å². The van der Waals surface area contributed by atoms with Crippen LogP contribution in [0, 0.1) is 6.92 Å². The Labute approximate surface area is 165 Å². The number of amides is 1. The first kappa shape index (κ1) is 19.7. The number of carbonyl (C=O) groups is 1. The molecule has 0 bridgehead atoms. The second kappa shape index (κ2) is 8.31. The van der Waals surface area contributed by atoms with Gasteiger partial charge in [0.15, 0.2) is 0 Å². The molecule has 2 aromatic carbocycles. The van der Waals surface area contributed by atoms with Gasteiger partial charge >= 0.3 is 0 Å². The van der Waals surface area contributed by atoms with E-state index in [9.17, 15) is 13.2 Å². The molecule has 1 aliphatic rings. The average Bonchev–Trinajstić information content (AvgIpc) is 2.62. The second-order valence-corrected chi connectivity index (χ2v) is 8.98. The number of hydrogen-bond acceptors (Lipinski definition) is 3. The lowest BCUT2D eigenvalue weighted by Gasteiger charge is -2.24. The van der Waals surface area contributed by atoms with Gasteiger partial charge in [0.2, 0.25) is 0 Å². The van der Waals surface area contributed by atoms with Gasteiger partial charge < -0.3 is 5.32 Å². The van der Waals surface area contributed by atoms with Crippen LogP contribution in [0.2, 0.25) is 5.02 Å². The van der Waals surface area contributed by atoms with Crippen molar-refractivity contribution >= 4 is 33.2 Å². The number of benzene rings is 2. The van der Waals surface area contributed by atoms with Gasteiger partial charge in [0, 0.05) is 11.1 Å². The molecule has 2 aromatic rings. The lowest BCUT2D eigenvalue weighted by molar-refractivity contribution is 0.0928. The standard InChI is InChI=1S/C20H23ClN2O3S/c1-14-6-5-9-18(19(14)20(24)22-16-7-3-2-4-8-16)23-27(25,26)17-12-10-15(21)11-13-17/h5-6,9-13,16,23H,2-4,7-8H2,1H3,(H,22,24). The smallest absolute Gasteiger partial charge is 0.261 e. The molecular weight excluding hydrogens is 384 g/mol. The quantitative estimate of drug-likeness (QED) is 0.766. The van der Waals surface area contributed by atoms with Crippen LogP contribution in [-0.4, -0.2) is 20.4 Å². The van der Waals surface area contributed by atoms with E-state index in [4.69, 9.17) is 11.6 Å². The first-order valence-corrected chi connectivity index (χ1v) is 10.9. The van der Waals surface area contributed by atoms with Gasteiger partial charge in [0.1, 0.15) is 0 Å². The summed E-state index contributed by atoms with van der Waals surface area (Å²) in [5.74, 6) is -0.242. The van der Waals surface area contributed by atoms with Crippen LogP contribution >= 0.6 is 11.6 Å². The van der Waals surface area contributed by atoms with E-state index in [1.54, 1.807) is 25.1 Å². The van der Waals surface area contributed by atoms with E-state index in [0.29, 0.717) is 10.6 Å². The molecule has 1 saturated carbocycles. The van der Waals surface area contributed by atoms with E-state index in [2.05, 4.69) is 10.0 Å².